The maximum Gasteiger partial charge on any atom is 0.166 e. The van der Waals surface area contributed by atoms with Gasteiger partial charge in [0.25, 0.3) is 0 Å². The van der Waals surface area contributed by atoms with Crippen LogP contribution in [0.2, 0.25) is 0 Å². The Balaban J connectivity index is 2.17. The van der Waals surface area contributed by atoms with Gasteiger partial charge in [0.1, 0.15) is 25.1 Å². The number of aryl methyl sites for hydroxylation is 2. The molecule has 2 heterocycles. The van der Waals surface area contributed by atoms with Crippen LogP contribution in [0.5, 0.6) is 11.5 Å². The topological polar surface area (TPSA) is 70.9 Å². The zero-order valence-electron chi connectivity index (χ0n) is 10.8. The molecule has 0 saturated carbocycles. The molecular formula is C14H13N3O2. The second-order valence-corrected chi connectivity index (χ2v) is 4.47. The van der Waals surface area contributed by atoms with Gasteiger partial charge in [-0.25, -0.2) is 4.98 Å². The Morgan fingerprint density at radius 2 is 1.89 bits per heavy atom. The van der Waals surface area contributed by atoms with Crippen molar-refractivity contribution in [2.24, 2.45) is 0 Å². The number of aromatic nitrogens is 2. The van der Waals surface area contributed by atoms with Gasteiger partial charge in [0, 0.05) is 5.56 Å². The van der Waals surface area contributed by atoms with Crippen molar-refractivity contribution in [3.63, 3.8) is 0 Å². The van der Waals surface area contributed by atoms with Crippen LogP contribution in [0.25, 0.3) is 11.3 Å². The summed E-state index contributed by atoms with van der Waals surface area (Å²) in [6.45, 7) is 4.92. The highest BCUT2D eigenvalue weighted by molar-refractivity contribution is 5.72. The average molecular weight is 255 g/mol. The third-order valence-electron chi connectivity index (χ3n) is 3.09. The van der Waals surface area contributed by atoms with Crippen molar-refractivity contribution in [2.75, 3.05) is 13.2 Å². The highest BCUT2D eigenvalue weighted by atomic mass is 16.6. The SMILES string of the molecule is Cc1nc(C#N)c(-c2cc3c(cc2C)OCCO3)[nH]1. The predicted molar refractivity (Wildman–Crippen MR) is 69.2 cm³/mol. The molecule has 0 aliphatic carbocycles. The van der Waals surface area contributed by atoms with E-state index in [1.54, 1.807) is 0 Å². The standard InChI is InChI=1S/C14H13N3O2/c1-8-5-12-13(19-4-3-18-12)6-10(8)14-11(7-15)16-9(2)17-14/h5-6H,3-4H2,1-2H3,(H,16,17). The van der Waals surface area contributed by atoms with Gasteiger partial charge in [-0.05, 0) is 31.5 Å². The molecule has 0 unspecified atom stereocenters. The molecule has 0 amide bonds. The van der Waals surface area contributed by atoms with Gasteiger partial charge in [0.15, 0.2) is 17.2 Å². The molecule has 1 N–H and O–H groups in total. The Hall–Kier alpha value is -2.48. The second-order valence-electron chi connectivity index (χ2n) is 4.47. The maximum absolute atomic E-state index is 9.13. The van der Waals surface area contributed by atoms with Crippen molar-refractivity contribution in [3.05, 3.63) is 29.2 Å². The average Bonchev–Trinajstić information content (AvgIpc) is 2.79. The van der Waals surface area contributed by atoms with E-state index in [2.05, 4.69) is 16.0 Å². The van der Waals surface area contributed by atoms with Crippen molar-refractivity contribution < 1.29 is 9.47 Å². The maximum atomic E-state index is 9.13. The Labute approximate surface area is 110 Å². The minimum Gasteiger partial charge on any atom is -0.486 e. The summed E-state index contributed by atoms with van der Waals surface area (Å²) in [5.74, 6) is 2.19. The number of imidazole rings is 1. The smallest absolute Gasteiger partial charge is 0.166 e. The van der Waals surface area contributed by atoms with Crippen LogP contribution in [-0.2, 0) is 0 Å². The summed E-state index contributed by atoms with van der Waals surface area (Å²) < 4.78 is 11.1. The third-order valence-corrected chi connectivity index (χ3v) is 3.09. The minimum atomic E-state index is 0.400. The minimum absolute atomic E-state index is 0.400. The number of rotatable bonds is 1. The fraction of sp³-hybridized carbons (Fsp3) is 0.286. The second kappa shape index (κ2) is 4.32. The van der Waals surface area contributed by atoms with Crippen LogP contribution in [0.3, 0.4) is 0 Å². The molecule has 19 heavy (non-hydrogen) atoms. The summed E-state index contributed by atoms with van der Waals surface area (Å²) in [5, 5.41) is 9.13. The van der Waals surface area contributed by atoms with Gasteiger partial charge in [0.05, 0.1) is 5.69 Å². The van der Waals surface area contributed by atoms with Gasteiger partial charge in [0.2, 0.25) is 0 Å². The van der Waals surface area contributed by atoms with Crippen molar-refractivity contribution in [1.29, 1.82) is 5.26 Å². The molecule has 1 aromatic heterocycles. The van der Waals surface area contributed by atoms with E-state index in [4.69, 9.17) is 14.7 Å². The van der Waals surface area contributed by atoms with E-state index in [0.29, 0.717) is 24.7 Å². The van der Waals surface area contributed by atoms with E-state index < -0.39 is 0 Å². The number of nitriles is 1. The lowest BCUT2D eigenvalue weighted by atomic mass is 10.0. The molecule has 1 aromatic carbocycles. The van der Waals surface area contributed by atoms with E-state index in [1.807, 2.05) is 26.0 Å². The predicted octanol–water partition coefficient (Wildman–Crippen LogP) is 2.34. The van der Waals surface area contributed by atoms with Crippen molar-refractivity contribution >= 4 is 0 Å². The summed E-state index contributed by atoms with van der Waals surface area (Å²) in [7, 11) is 0. The van der Waals surface area contributed by atoms with Crippen LogP contribution in [0, 0.1) is 25.2 Å². The Morgan fingerprint density at radius 1 is 1.21 bits per heavy atom. The van der Waals surface area contributed by atoms with Gasteiger partial charge in [-0.2, -0.15) is 5.26 Å². The highest BCUT2D eigenvalue weighted by Crippen LogP contribution is 2.37. The summed E-state index contributed by atoms with van der Waals surface area (Å²) in [6, 6.07) is 5.94. The number of nitrogens with zero attached hydrogens (tertiary/aromatic N) is 2. The van der Waals surface area contributed by atoms with E-state index in [9.17, 15) is 0 Å². The van der Waals surface area contributed by atoms with Crippen molar-refractivity contribution in [1.82, 2.24) is 9.97 Å². The van der Waals surface area contributed by atoms with E-state index in [-0.39, 0.29) is 0 Å². The molecule has 5 heteroatoms. The van der Waals surface area contributed by atoms with Gasteiger partial charge in [-0.1, -0.05) is 0 Å². The molecule has 0 bridgehead atoms. The lowest BCUT2D eigenvalue weighted by Gasteiger charge is -2.20. The molecule has 96 valence electrons. The zero-order valence-corrected chi connectivity index (χ0v) is 10.8. The number of hydrogen-bond acceptors (Lipinski definition) is 4. The van der Waals surface area contributed by atoms with Crippen molar-refractivity contribution in [2.45, 2.75) is 13.8 Å². The number of ether oxygens (including phenoxy) is 2. The van der Waals surface area contributed by atoms with Gasteiger partial charge in [-0.3, -0.25) is 0 Å². The van der Waals surface area contributed by atoms with Crippen LogP contribution in [0.1, 0.15) is 17.1 Å². The largest absolute Gasteiger partial charge is 0.486 e. The molecule has 0 atom stereocenters. The molecule has 0 saturated heterocycles. The molecule has 0 spiro atoms. The van der Waals surface area contributed by atoms with Crippen LogP contribution >= 0.6 is 0 Å². The monoisotopic (exact) mass is 255 g/mol. The fourth-order valence-electron chi connectivity index (χ4n) is 2.23. The number of H-pyrrole nitrogens is 1. The Morgan fingerprint density at radius 3 is 2.58 bits per heavy atom. The zero-order chi connectivity index (χ0) is 13.4. The number of nitrogens with one attached hydrogen (secondary N) is 1. The molecule has 0 radical (unpaired) electrons. The van der Waals surface area contributed by atoms with Gasteiger partial charge >= 0.3 is 0 Å². The van der Waals surface area contributed by atoms with Crippen LogP contribution in [0.4, 0.5) is 0 Å². The molecular weight excluding hydrogens is 242 g/mol. The van der Waals surface area contributed by atoms with Crippen LogP contribution in [0.15, 0.2) is 12.1 Å². The summed E-state index contributed by atoms with van der Waals surface area (Å²) >= 11 is 0. The first-order valence-electron chi connectivity index (χ1n) is 6.06. The quantitative estimate of drug-likeness (QED) is 0.849. The van der Waals surface area contributed by atoms with Gasteiger partial charge in [-0.15, -0.1) is 0 Å². The van der Waals surface area contributed by atoms with E-state index >= 15 is 0 Å². The van der Waals surface area contributed by atoms with E-state index in [1.165, 1.54) is 0 Å². The molecule has 1 aliphatic heterocycles. The summed E-state index contributed by atoms with van der Waals surface area (Å²) in [4.78, 5) is 7.30. The molecule has 2 aromatic rings. The first kappa shape index (κ1) is 11.6. The molecule has 5 nitrogen and oxygen atoms in total. The van der Waals surface area contributed by atoms with Crippen molar-refractivity contribution in [3.8, 4) is 28.8 Å². The third kappa shape index (κ3) is 1.91. The number of fused-ring (bicyclic) bond motifs is 1. The lowest BCUT2D eigenvalue weighted by Crippen LogP contribution is -2.15. The summed E-state index contributed by atoms with van der Waals surface area (Å²) in [5.41, 5.74) is 3.07. The lowest BCUT2D eigenvalue weighted by molar-refractivity contribution is 0.171. The molecule has 3 rings (SSSR count). The number of aromatic amines is 1. The van der Waals surface area contributed by atoms with Gasteiger partial charge < -0.3 is 14.5 Å². The molecule has 0 fully saturated rings. The van der Waals surface area contributed by atoms with E-state index in [0.717, 1.165) is 28.4 Å². The van der Waals surface area contributed by atoms with Crippen LogP contribution in [-0.4, -0.2) is 23.2 Å². The Bertz CT molecular complexity index is 683. The highest BCUT2D eigenvalue weighted by Gasteiger charge is 2.18. The summed E-state index contributed by atoms with van der Waals surface area (Å²) in [6.07, 6.45) is 0. The Kier molecular flexibility index (Phi) is 2.64. The fourth-order valence-corrected chi connectivity index (χ4v) is 2.23. The first-order valence-corrected chi connectivity index (χ1v) is 6.06. The van der Waals surface area contributed by atoms with Crippen LogP contribution < -0.4 is 9.47 Å². The first-order chi connectivity index (χ1) is 9.19. The number of hydrogen-bond donors (Lipinski definition) is 1. The number of benzene rings is 1. The molecule has 1 aliphatic rings. The normalized spacial score (nSPS) is 13.1.